The zero-order valence-corrected chi connectivity index (χ0v) is 14.9. The number of fused-ring (bicyclic) bond motifs is 2. The molecule has 2 saturated heterocycles. The summed E-state index contributed by atoms with van der Waals surface area (Å²) in [5.74, 6) is 0.348. The molecule has 0 aromatic heterocycles. The van der Waals surface area contributed by atoms with Gasteiger partial charge in [-0.25, -0.2) is 0 Å². The number of hydrogen-bond donors (Lipinski definition) is 1. The van der Waals surface area contributed by atoms with E-state index < -0.39 is 5.97 Å². The lowest BCUT2D eigenvalue weighted by Gasteiger charge is -2.26. The van der Waals surface area contributed by atoms with Crippen molar-refractivity contribution in [1.29, 1.82) is 0 Å². The van der Waals surface area contributed by atoms with Crippen LogP contribution in [0.5, 0.6) is 0 Å². The smallest absolute Gasteiger partial charge is 0.303 e. The first kappa shape index (κ1) is 19.2. The van der Waals surface area contributed by atoms with Crippen LogP contribution in [-0.4, -0.2) is 36.5 Å². The van der Waals surface area contributed by atoms with Crippen LogP contribution in [0.1, 0.15) is 58.3 Å². The normalized spacial score (nSPS) is 29.2. The summed E-state index contributed by atoms with van der Waals surface area (Å²) >= 11 is 0. The van der Waals surface area contributed by atoms with Gasteiger partial charge in [0.25, 0.3) is 0 Å². The number of carboxylic acids is 1. The first-order valence-electron chi connectivity index (χ1n) is 9.47. The fourth-order valence-electron chi connectivity index (χ4n) is 3.80. The number of carboxylic acid groups (broad SMARTS) is 1. The minimum atomic E-state index is -0.713. The molecule has 0 aromatic rings. The van der Waals surface area contributed by atoms with Crippen molar-refractivity contribution in [3.8, 4) is 0 Å². The van der Waals surface area contributed by atoms with E-state index in [1.54, 1.807) is 0 Å². The van der Waals surface area contributed by atoms with E-state index in [2.05, 4.69) is 31.2 Å². The van der Waals surface area contributed by atoms with E-state index in [4.69, 9.17) is 14.6 Å². The van der Waals surface area contributed by atoms with Gasteiger partial charge >= 0.3 is 5.97 Å². The zero-order valence-electron chi connectivity index (χ0n) is 14.9. The molecule has 24 heavy (non-hydrogen) atoms. The molecule has 0 radical (unpaired) electrons. The maximum Gasteiger partial charge on any atom is 0.303 e. The van der Waals surface area contributed by atoms with Gasteiger partial charge in [-0.2, -0.15) is 0 Å². The van der Waals surface area contributed by atoms with Crippen LogP contribution in [0.4, 0.5) is 0 Å². The molecule has 4 heteroatoms. The molecule has 0 aromatic carbocycles. The van der Waals surface area contributed by atoms with Gasteiger partial charge in [-0.15, -0.1) is 0 Å². The van der Waals surface area contributed by atoms with E-state index in [9.17, 15) is 4.79 Å². The average molecular weight is 336 g/mol. The Balaban J connectivity index is 1.69. The molecule has 0 aliphatic carbocycles. The van der Waals surface area contributed by atoms with E-state index in [-0.39, 0.29) is 6.42 Å². The number of aliphatic carboxylic acids is 1. The lowest BCUT2D eigenvalue weighted by Crippen LogP contribution is -2.30. The van der Waals surface area contributed by atoms with E-state index in [1.165, 1.54) is 19.3 Å². The molecule has 0 saturated carbocycles. The second kappa shape index (κ2) is 10.7. The van der Waals surface area contributed by atoms with Crippen molar-refractivity contribution in [3.63, 3.8) is 0 Å². The van der Waals surface area contributed by atoms with Crippen LogP contribution in [0.3, 0.4) is 0 Å². The van der Waals surface area contributed by atoms with E-state index in [0.717, 1.165) is 32.3 Å². The quantitative estimate of drug-likeness (QED) is 0.425. The first-order valence-corrected chi connectivity index (χ1v) is 9.47. The van der Waals surface area contributed by atoms with Crippen molar-refractivity contribution >= 4 is 5.97 Å². The molecule has 2 bridgehead atoms. The second-order valence-corrected chi connectivity index (χ2v) is 6.91. The summed E-state index contributed by atoms with van der Waals surface area (Å²) in [6.45, 7) is 3.67. The fourth-order valence-corrected chi connectivity index (χ4v) is 3.80. The Hall–Kier alpha value is -1.13. The molecule has 2 rings (SSSR count). The highest BCUT2D eigenvalue weighted by Crippen LogP contribution is 2.45. The van der Waals surface area contributed by atoms with E-state index >= 15 is 0 Å². The lowest BCUT2D eigenvalue weighted by molar-refractivity contribution is -0.137. The predicted octanol–water partition coefficient (Wildman–Crippen LogP) is 4.35. The Morgan fingerprint density at radius 2 is 1.88 bits per heavy atom. The number of unbranched alkanes of at least 4 members (excludes halogenated alkanes) is 2. The van der Waals surface area contributed by atoms with Crippen molar-refractivity contribution in [3.05, 3.63) is 24.3 Å². The highest BCUT2D eigenvalue weighted by Gasteiger charge is 2.47. The van der Waals surface area contributed by atoms with Crippen molar-refractivity contribution in [2.75, 3.05) is 13.2 Å². The molecule has 2 aliphatic heterocycles. The molecule has 0 amide bonds. The van der Waals surface area contributed by atoms with Crippen molar-refractivity contribution in [2.45, 2.75) is 70.5 Å². The molecule has 4 atom stereocenters. The zero-order chi connectivity index (χ0) is 17.2. The SMILES string of the molecule is CCC/C=C\COCC1C2CCC(O2)C1C/C=C\CCCC(=O)O. The highest BCUT2D eigenvalue weighted by atomic mass is 16.5. The summed E-state index contributed by atoms with van der Waals surface area (Å²) in [5.41, 5.74) is 0. The fraction of sp³-hybridized carbons (Fsp3) is 0.750. The number of ether oxygens (including phenoxy) is 2. The molecule has 4 unspecified atom stereocenters. The van der Waals surface area contributed by atoms with Gasteiger partial charge in [0.05, 0.1) is 25.4 Å². The summed E-state index contributed by atoms with van der Waals surface area (Å²) in [6, 6.07) is 0. The summed E-state index contributed by atoms with van der Waals surface area (Å²) in [4.78, 5) is 10.5. The Labute approximate surface area is 145 Å². The van der Waals surface area contributed by atoms with Crippen LogP contribution in [0.2, 0.25) is 0 Å². The summed E-state index contributed by atoms with van der Waals surface area (Å²) in [6.07, 6.45) is 16.9. The van der Waals surface area contributed by atoms with Crippen molar-refractivity contribution < 1.29 is 19.4 Å². The van der Waals surface area contributed by atoms with E-state index in [0.29, 0.717) is 30.7 Å². The van der Waals surface area contributed by atoms with Gasteiger partial charge in [-0.3, -0.25) is 4.79 Å². The first-order chi connectivity index (χ1) is 11.7. The van der Waals surface area contributed by atoms with Gasteiger partial charge in [-0.05, 0) is 44.4 Å². The number of hydrogen-bond acceptors (Lipinski definition) is 3. The predicted molar refractivity (Wildman–Crippen MR) is 95.0 cm³/mol. The molecule has 136 valence electrons. The minimum Gasteiger partial charge on any atom is -0.481 e. The van der Waals surface area contributed by atoms with Gasteiger partial charge < -0.3 is 14.6 Å². The van der Waals surface area contributed by atoms with Crippen LogP contribution in [0, 0.1) is 11.8 Å². The summed E-state index contributed by atoms with van der Waals surface area (Å²) in [7, 11) is 0. The van der Waals surface area contributed by atoms with Crippen LogP contribution in [0.15, 0.2) is 24.3 Å². The largest absolute Gasteiger partial charge is 0.481 e. The van der Waals surface area contributed by atoms with Crippen molar-refractivity contribution in [2.24, 2.45) is 11.8 Å². The third kappa shape index (κ3) is 6.06. The monoisotopic (exact) mass is 336 g/mol. The Morgan fingerprint density at radius 3 is 2.62 bits per heavy atom. The van der Waals surface area contributed by atoms with Gasteiger partial charge in [0, 0.05) is 12.3 Å². The lowest BCUT2D eigenvalue weighted by atomic mass is 9.78. The molecule has 0 spiro atoms. The number of carbonyl (C=O) groups is 1. The molecule has 2 aliphatic rings. The Kier molecular flexibility index (Phi) is 8.54. The second-order valence-electron chi connectivity index (χ2n) is 6.91. The van der Waals surface area contributed by atoms with Gasteiger partial charge in [-0.1, -0.05) is 37.6 Å². The Morgan fingerprint density at radius 1 is 1.12 bits per heavy atom. The number of rotatable bonds is 12. The molecule has 2 heterocycles. The van der Waals surface area contributed by atoms with Crippen LogP contribution in [0.25, 0.3) is 0 Å². The van der Waals surface area contributed by atoms with Gasteiger partial charge in [0.2, 0.25) is 0 Å². The Bertz CT molecular complexity index is 429. The third-order valence-corrected chi connectivity index (χ3v) is 5.07. The summed E-state index contributed by atoms with van der Waals surface area (Å²) in [5, 5.41) is 8.64. The van der Waals surface area contributed by atoms with Gasteiger partial charge in [0.15, 0.2) is 0 Å². The average Bonchev–Trinajstić information content (AvgIpc) is 3.15. The standard InChI is InChI=1S/C20H32O4/c1-2-3-4-9-14-23-15-17-16(18-12-13-19(17)24-18)10-7-5-6-8-11-20(21)22/h4-5,7,9,16-19H,2-3,6,8,10-15H2,1H3,(H,21,22)/b7-5-,9-4-. The van der Waals surface area contributed by atoms with Gasteiger partial charge in [0.1, 0.15) is 0 Å². The van der Waals surface area contributed by atoms with Crippen LogP contribution < -0.4 is 0 Å². The van der Waals surface area contributed by atoms with E-state index in [1.807, 2.05) is 0 Å². The molecule has 1 N–H and O–H groups in total. The maximum atomic E-state index is 10.5. The molecule has 2 fully saturated rings. The maximum absolute atomic E-state index is 10.5. The topological polar surface area (TPSA) is 55.8 Å². The van der Waals surface area contributed by atoms with Crippen LogP contribution >= 0.6 is 0 Å². The third-order valence-electron chi connectivity index (χ3n) is 5.07. The molecular weight excluding hydrogens is 304 g/mol. The summed E-state index contributed by atoms with van der Waals surface area (Å²) < 4.78 is 12.0. The minimum absolute atomic E-state index is 0.254. The number of allylic oxidation sites excluding steroid dienone is 3. The molecule has 4 nitrogen and oxygen atoms in total. The highest BCUT2D eigenvalue weighted by molar-refractivity contribution is 5.66. The van der Waals surface area contributed by atoms with Crippen LogP contribution in [-0.2, 0) is 14.3 Å². The molecular formula is C20H32O4. The van der Waals surface area contributed by atoms with Crippen molar-refractivity contribution in [1.82, 2.24) is 0 Å².